The van der Waals surface area contributed by atoms with Gasteiger partial charge in [0.05, 0.1) is 36.0 Å². The fourth-order valence-electron chi connectivity index (χ4n) is 4.10. The van der Waals surface area contributed by atoms with E-state index in [1.165, 1.54) is 6.20 Å². The lowest BCUT2D eigenvalue weighted by Crippen LogP contribution is -2.59. The van der Waals surface area contributed by atoms with Crippen LogP contribution < -0.4 is 10.5 Å². The first-order valence-electron chi connectivity index (χ1n) is 9.63. The molecule has 146 valence electrons. The lowest BCUT2D eigenvalue weighted by Gasteiger charge is -2.51. The molecule has 0 unspecified atom stereocenters. The molecule has 1 saturated carbocycles. The zero-order valence-corrected chi connectivity index (χ0v) is 15.4. The number of pyridine rings is 2. The molecule has 2 aromatic heterocycles. The molecule has 0 amide bonds. The molecule has 5 rings (SSSR count). The van der Waals surface area contributed by atoms with Crippen LogP contribution in [-0.2, 0) is 11.2 Å². The van der Waals surface area contributed by atoms with Crippen LogP contribution in [0.5, 0.6) is 5.88 Å². The summed E-state index contributed by atoms with van der Waals surface area (Å²) in [5.74, 6) is 0.0703. The number of nitrogens with zero attached hydrogens (tertiary/aromatic N) is 2. The molecule has 3 aliphatic rings. The molecule has 0 atom stereocenters. The van der Waals surface area contributed by atoms with Crippen LogP contribution in [0.15, 0.2) is 18.3 Å². The molecule has 27 heavy (non-hydrogen) atoms. The van der Waals surface area contributed by atoms with Crippen molar-refractivity contribution in [1.82, 2.24) is 9.97 Å². The van der Waals surface area contributed by atoms with Gasteiger partial charge in [-0.25, -0.2) is 9.37 Å². The summed E-state index contributed by atoms with van der Waals surface area (Å²) in [6.07, 6.45) is 6.86. The highest BCUT2D eigenvalue weighted by atomic mass is 19.1. The summed E-state index contributed by atoms with van der Waals surface area (Å²) >= 11 is 0. The third kappa shape index (κ3) is 3.77. The van der Waals surface area contributed by atoms with Gasteiger partial charge in [-0.3, -0.25) is 4.98 Å². The Morgan fingerprint density at radius 1 is 1.26 bits per heavy atom. The first kappa shape index (κ1) is 18.5. The van der Waals surface area contributed by atoms with Gasteiger partial charge in [0, 0.05) is 30.2 Å². The van der Waals surface area contributed by atoms with Gasteiger partial charge in [0.15, 0.2) is 0 Å². The number of aliphatic hydroxyl groups is 1. The van der Waals surface area contributed by atoms with Crippen LogP contribution in [0.1, 0.15) is 44.1 Å². The lowest BCUT2D eigenvalue weighted by molar-refractivity contribution is -0.156. The van der Waals surface area contributed by atoms with Gasteiger partial charge in [-0.2, -0.15) is 0 Å². The van der Waals surface area contributed by atoms with Gasteiger partial charge >= 0.3 is 0 Å². The monoisotopic (exact) mass is 375 g/mol. The number of halogens is 1. The number of aryl methyl sites for hydroxylation is 1. The van der Waals surface area contributed by atoms with E-state index in [0.717, 1.165) is 32.1 Å². The maximum absolute atomic E-state index is 14.6. The maximum Gasteiger partial charge on any atom is 0.213 e. The van der Waals surface area contributed by atoms with E-state index in [1.807, 2.05) is 0 Å². The molecule has 6 nitrogen and oxygen atoms in total. The van der Waals surface area contributed by atoms with Crippen LogP contribution in [0.3, 0.4) is 0 Å². The molecule has 2 aliphatic heterocycles. The maximum atomic E-state index is 14.6. The number of ether oxygens (including phenoxy) is 2. The Labute approximate surface area is 157 Å². The first-order chi connectivity index (χ1) is 13.0. The van der Waals surface area contributed by atoms with Crippen molar-refractivity contribution in [1.29, 1.82) is 0 Å². The zero-order valence-electron chi connectivity index (χ0n) is 15.4. The van der Waals surface area contributed by atoms with Crippen molar-refractivity contribution < 1.29 is 19.0 Å². The number of aromatic nitrogens is 2. The quantitative estimate of drug-likeness (QED) is 0.723. The number of nitrogens with two attached hydrogens (primary N) is 1. The van der Waals surface area contributed by atoms with Gasteiger partial charge in [-0.15, -0.1) is 0 Å². The predicted molar refractivity (Wildman–Crippen MR) is 99.1 cm³/mol. The summed E-state index contributed by atoms with van der Waals surface area (Å²) in [4.78, 5) is 8.62. The van der Waals surface area contributed by atoms with Crippen molar-refractivity contribution in [3.63, 3.8) is 0 Å². The van der Waals surface area contributed by atoms with Crippen LogP contribution in [0, 0.1) is 5.82 Å². The Balaban J connectivity index is 1.55. The van der Waals surface area contributed by atoms with E-state index in [9.17, 15) is 4.39 Å². The number of hydrogen-bond donors (Lipinski definition) is 2. The first-order valence-corrected chi connectivity index (χ1v) is 9.63. The Hall–Kier alpha value is -1.83. The molecule has 3 fully saturated rings. The minimum absolute atomic E-state index is 0.0567. The second-order valence-corrected chi connectivity index (χ2v) is 7.86. The SMILES string of the molecule is NC12CCC(CCc3c(F)cnc4ccc(OCCCO)nc34)(CC1)OC2. The van der Waals surface area contributed by atoms with Crippen LogP contribution in [-0.4, -0.2) is 46.0 Å². The van der Waals surface area contributed by atoms with Crippen molar-refractivity contribution in [2.45, 2.75) is 56.1 Å². The predicted octanol–water partition coefficient (Wildman–Crippen LogP) is 2.50. The van der Waals surface area contributed by atoms with E-state index in [4.69, 9.17) is 20.3 Å². The lowest BCUT2D eigenvalue weighted by atomic mass is 9.70. The fourth-order valence-corrected chi connectivity index (χ4v) is 4.10. The van der Waals surface area contributed by atoms with Gasteiger partial charge in [-0.1, -0.05) is 0 Å². The third-order valence-electron chi connectivity index (χ3n) is 5.95. The minimum Gasteiger partial charge on any atom is -0.478 e. The highest BCUT2D eigenvalue weighted by Gasteiger charge is 2.47. The highest BCUT2D eigenvalue weighted by molar-refractivity contribution is 5.78. The average Bonchev–Trinajstić information content (AvgIpc) is 2.69. The number of hydrogen-bond acceptors (Lipinski definition) is 6. The summed E-state index contributed by atoms with van der Waals surface area (Å²) in [5, 5.41) is 8.88. The molecule has 0 aromatic carbocycles. The number of rotatable bonds is 7. The molecule has 2 aromatic rings. The molecule has 1 aliphatic carbocycles. The van der Waals surface area contributed by atoms with E-state index >= 15 is 0 Å². The Morgan fingerprint density at radius 2 is 2.07 bits per heavy atom. The van der Waals surface area contributed by atoms with Crippen molar-refractivity contribution in [3.8, 4) is 5.88 Å². The summed E-state index contributed by atoms with van der Waals surface area (Å²) in [7, 11) is 0. The summed E-state index contributed by atoms with van der Waals surface area (Å²) in [5.41, 5.74) is 7.67. The summed E-state index contributed by atoms with van der Waals surface area (Å²) in [6, 6.07) is 3.51. The van der Waals surface area contributed by atoms with Crippen molar-refractivity contribution in [2.24, 2.45) is 5.73 Å². The molecule has 7 heteroatoms. The van der Waals surface area contributed by atoms with Crippen molar-refractivity contribution in [2.75, 3.05) is 19.8 Å². The summed E-state index contributed by atoms with van der Waals surface area (Å²) in [6.45, 7) is 1.01. The Kier molecular flexibility index (Phi) is 5.01. The topological polar surface area (TPSA) is 90.5 Å². The highest BCUT2D eigenvalue weighted by Crippen LogP contribution is 2.45. The van der Waals surface area contributed by atoms with Crippen molar-refractivity contribution in [3.05, 3.63) is 29.7 Å². The largest absolute Gasteiger partial charge is 0.478 e. The van der Waals surface area contributed by atoms with E-state index in [1.54, 1.807) is 12.1 Å². The molecule has 3 N–H and O–H groups in total. The molecule has 2 bridgehead atoms. The molecular formula is C20H26FN3O3. The van der Waals surface area contributed by atoms with E-state index in [2.05, 4.69) is 9.97 Å². The van der Waals surface area contributed by atoms with E-state index < -0.39 is 0 Å². The standard InChI is InChI=1S/C20H26FN3O3/c21-15-12-23-16-2-3-17(26-11-1-10-25)24-18(16)14(15)4-5-20-8-6-19(22,7-9-20)13-27-20/h2-3,12,25H,1,4-11,13,22H2. The number of aliphatic hydroxyl groups excluding tert-OH is 1. The Bertz CT molecular complexity index is 805. The average molecular weight is 375 g/mol. The smallest absolute Gasteiger partial charge is 0.213 e. The van der Waals surface area contributed by atoms with Crippen molar-refractivity contribution >= 4 is 11.0 Å². The third-order valence-corrected chi connectivity index (χ3v) is 5.95. The van der Waals surface area contributed by atoms with Crippen LogP contribution in [0.25, 0.3) is 11.0 Å². The zero-order chi connectivity index (χ0) is 18.9. The molecular weight excluding hydrogens is 349 g/mol. The minimum atomic E-state index is -0.348. The van der Waals surface area contributed by atoms with Gasteiger partial charge in [-0.05, 0) is 44.6 Å². The molecule has 0 spiro atoms. The van der Waals surface area contributed by atoms with Crippen LogP contribution in [0.4, 0.5) is 4.39 Å². The van der Waals surface area contributed by atoms with Gasteiger partial charge in [0.1, 0.15) is 5.82 Å². The normalized spacial score (nSPS) is 27.2. The van der Waals surface area contributed by atoms with E-state index in [0.29, 0.717) is 48.5 Å². The van der Waals surface area contributed by atoms with Gasteiger partial charge in [0.2, 0.25) is 5.88 Å². The molecule has 0 radical (unpaired) electrons. The fraction of sp³-hybridized carbons (Fsp3) is 0.600. The van der Waals surface area contributed by atoms with Gasteiger partial charge < -0.3 is 20.3 Å². The molecule has 4 heterocycles. The van der Waals surface area contributed by atoms with Gasteiger partial charge in [0.25, 0.3) is 0 Å². The second kappa shape index (κ2) is 7.30. The summed E-state index contributed by atoms with van der Waals surface area (Å²) < 4.78 is 26.2. The van der Waals surface area contributed by atoms with Crippen LogP contribution in [0.2, 0.25) is 0 Å². The van der Waals surface area contributed by atoms with Crippen LogP contribution >= 0.6 is 0 Å². The molecule has 2 saturated heterocycles. The van der Waals surface area contributed by atoms with E-state index in [-0.39, 0.29) is 23.6 Å². The number of fused-ring (bicyclic) bond motifs is 4. The second-order valence-electron chi connectivity index (χ2n) is 7.86. The Morgan fingerprint density at radius 3 is 2.78 bits per heavy atom.